The molecule has 0 bridgehead atoms. The molecular formula is C12H16. The van der Waals surface area contributed by atoms with Crippen LogP contribution in [0.15, 0.2) is 48.1 Å². The normalized spacial score (nSPS) is 16.8. The fourth-order valence-electron chi connectivity index (χ4n) is 1.41. The molecule has 0 amide bonds. The molecule has 0 aromatic rings. The third-order valence-electron chi connectivity index (χ3n) is 2.44. The Labute approximate surface area is 75.0 Å². The Morgan fingerprint density at radius 3 is 2.33 bits per heavy atom. The largest absolute Gasteiger partial charge is 0.0990 e. The predicted octanol–water partition coefficient (Wildman–Crippen LogP) is 3.79. The van der Waals surface area contributed by atoms with E-state index in [0.717, 1.165) is 0 Å². The van der Waals surface area contributed by atoms with Gasteiger partial charge in [0.25, 0.3) is 0 Å². The van der Waals surface area contributed by atoms with Crippen molar-refractivity contribution in [1.29, 1.82) is 0 Å². The van der Waals surface area contributed by atoms with E-state index in [4.69, 9.17) is 0 Å². The summed E-state index contributed by atoms with van der Waals surface area (Å²) in [4.78, 5) is 0. The van der Waals surface area contributed by atoms with E-state index in [9.17, 15) is 0 Å². The first-order chi connectivity index (χ1) is 5.79. The van der Waals surface area contributed by atoms with Gasteiger partial charge in [0.1, 0.15) is 0 Å². The summed E-state index contributed by atoms with van der Waals surface area (Å²) in [7, 11) is 0. The molecule has 1 aliphatic carbocycles. The molecule has 0 spiro atoms. The van der Waals surface area contributed by atoms with Gasteiger partial charge in [-0.1, -0.05) is 37.0 Å². The zero-order valence-electron chi connectivity index (χ0n) is 7.77. The summed E-state index contributed by atoms with van der Waals surface area (Å²) < 4.78 is 0. The first kappa shape index (κ1) is 9.05. The lowest BCUT2D eigenvalue weighted by Crippen LogP contribution is -2.01. The van der Waals surface area contributed by atoms with Crippen LogP contribution in [0.4, 0.5) is 0 Å². The summed E-state index contributed by atoms with van der Waals surface area (Å²) in [6.45, 7) is 9.65. The number of allylic oxidation sites excluding steroid dienone is 6. The Kier molecular flexibility index (Phi) is 3.09. The van der Waals surface area contributed by atoms with E-state index in [2.05, 4.69) is 20.1 Å². The molecule has 1 rings (SSSR count). The highest BCUT2D eigenvalue weighted by atomic mass is 14.2. The Balaban J connectivity index is 2.85. The predicted molar refractivity (Wildman–Crippen MR) is 55.0 cm³/mol. The van der Waals surface area contributed by atoms with E-state index in [1.54, 1.807) is 5.57 Å². The highest BCUT2D eigenvalue weighted by Gasteiger charge is 2.12. The quantitative estimate of drug-likeness (QED) is 0.551. The molecular weight excluding hydrogens is 144 g/mol. The third kappa shape index (κ3) is 1.76. The highest BCUT2D eigenvalue weighted by molar-refractivity contribution is 5.43. The molecule has 12 heavy (non-hydrogen) atoms. The average Bonchev–Trinajstić information content (AvgIpc) is 1.96. The van der Waals surface area contributed by atoms with Crippen molar-refractivity contribution in [1.82, 2.24) is 0 Å². The molecule has 0 nitrogen and oxygen atoms in total. The molecule has 1 saturated carbocycles. The van der Waals surface area contributed by atoms with Crippen LogP contribution in [0.1, 0.15) is 26.2 Å². The van der Waals surface area contributed by atoms with E-state index in [-0.39, 0.29) is 0 Å². The van der Waals surface area contributed by atoms with Gasteiger partial charge in [0.2, 0.25) is 0 Å². The van der Waals surface area contributed by atoms with Gasteiger partial charge in [0.15, 0.2) is 0 Å². The summed E-state index contributed by atoms with van der Waals surface area (Å²) >= 11 is 0. The fourth-order valence-corrected chi connectivity index (χ4v) is 1.41. The highest BCUT2D eigenvalue weighted by Crippen LogP contribution is 2.31. The van der Waals surface area contributed by atoms with Crippen LogP contribution in [0.5, 0.6) is 0 Å². The molecule has 0 saturated heterocycles. The summed E-state index contributed by atoms with van der Waals surface area (Å²) in [5, 5.41) is 0. The van der Waals surface area contributed by atoms with Crippen molar-refractivity contribution in [3.05, 3.63) is 48.1 Å². The van der Waals surface area contributed by atoms with Gasteiger partial charge >= 0.3 is 0 Å². The van der Waals surface area contributed by atoms with Gasteiger partial charge in [0, 0.05) is 0 Å². The summed E-state index contributed by atoms with van der Waals surface area (Å²) in [5.41, 5.74) is 4.21. The summed E-state index contributed by atoms with van der Waals surface area (Å²) in [5.74, 6) is 0. The number of hydrogen-bond acceptors (Lipinski definition) is 0. The first-order valence-electron chi connectivity index (χ1n) is 4.43. The van der Waals surface area contributed by atoms with Crippen LogP contribution in [0, 0.1) is 0 Å². The fraction of sp³-hybridized carbons (Fsp3) is 0.333. The van der Waals surface area contributed by atoms with Crippen LogP contribution < -0.4 is 0 Å². The van der Waals surface area contributed by atoms with Crippen molar-refractivity contribution >= 4 is 0 Å². The molecule has 0 heterocycles. The van der Waals surface area contributed by atoms with Crippen molar-refractivity contribution in [2.24, 2.45) is 0 Å². The maximum absolute atomic E-state index is 3.79. The van der Waals surface area contributed by atoms with Gasteiger partial charge in [-0.15, -0.1) is 0 Å². The van der Waals surface area contributed by atoms with Crippen molar-refractivity contribution in [3.63, 3.8) is 0 Å². The lowest BCUT2D eigenvalue weighted by atomic mass is 9.86. The van der Waals surface area contributed by atoms with Crippen molar-refractivity contribution < 1.29 is 0 Å². The molecule has 0 aliphatic heterocycles. The van der Waals surface area contributed by atoms with E-state index in [1.807, 2.05) is 18.2 Å². The minimum absolute atomic E-state index is 1.22. The molecule has 1 fully saturated rings. The average molecular weight is 160 g/mol. The second kappa shape index (κ2) is 4.10. The standard InChI is InChI=1S/C12H16/c1-4-7-11(5-2)10(3)12-8-6-9-12/h4-5,7H,1-2,6,8-9H2,3H3/b11-7+. The van der Waals surface area contributed by atoms with E-state index in [0.29, 0.717) is 0 Å². The van der Waals surface area contributed by atoms with Gasteiger partial charge in [-0.05, 0) is 37.3 Å². The first-order valence-corrected chi connectivity index (χ1v) is 4.43. The maximum atomic E-state index is 3.79. The number of rotatable bonds is 3. The topological polar surface area (TPSA) is 0 Å². The second-order valence-corrected chi connectivity index (χ2v) is 3.14. The summed E-state index contributed by atoms with van der Waals surface area (Å²) in [6, 6.07) is 0. The lowest BCUT2D eigenvalue weighted by molar-refractivity contribution is 0.653. The van der Waals surface area contributed by atoms with E-state index < -0.39 is 0 Å². The molecule has 0 aromatic heterocycles. The van der Waals surface area contributed by atoms with Gasteiger partial charge in [0.05, 0.1) is 0 Å². The zero-order chi connectivity index (χ0) is 8.97. The molecule has 0 heteroatoms. The monoisotopic (exact) mass is 160 g/mol. The maximum Gasteiger partial charge on any atom is -0.0234 e. The molecule has 1 aliphatic rings. The minimum Gasteiger partial charge on any atom is -0.0990 e. The smallest absolute Gasteiger partial charge is 0.0234 e. The van der Waals surface area contributed by atoms with Crippen molar-refractivity contribution in [2.45, 2.75) is 26.2 Å². The summed E-state index contributed by atoms with van der Waals surface area (Å²) in [6.07, 6.45) is 9.64. The molecule has 0 radical (unpaired) electrons. The Morgan fingerprint density at radius 2 is 2.00 bits per heavy atom. The van der Waals surface area contributed by atoms with E-state index in [1.165, 1.54) is 30.4 Å². The van der Waals surface area contributed by atoms with Gasteiger partial charge in [-0.2, -0.15) is 0 Å². The minimum atomic E-state index is 1.22. The molecule has 64 valence electrons. The lowest BCUT2D eigenvalue weighted by Gasteiger charge is -2.20. The Hall–Kier alpha value is -1.04. The molecule has 0 aromatic carbocycles. The van der Waals surface area contributed by atoms with Crippen LogP contribution >= 0.6 is 0 Å². The Bertz CT molecular complexity index is 245. The van der Waals surface area contributed by atoms with Crippen LogP contribution in [-0.2, 0) is 0 Å². The SMILES string of the molecule is C=C/C=C(\C=C)C(C)=C1CCC1. The Morgan fingerprint density at radius 1 is 1.33 bits per heavy atom. The van der Waals surface area contributed by atoms with Crippen LogP contribution in [0.25, 0.3) is 0 Å². The van der Waals surface area contributed by atoms with Gasteiger partial charge < -0.3 is 0 Å². The number of hydrogen-bond donors (Lipinski definition) is 0. The van der Waals surface area contributed by atoms with Crippen molar-refractivity contribution in [2.75, 3.05) is 0 Å². The van der Waals surface area contributed by atoms with Gasteiger partial charge in [-0.25, -0.2) is 0 Å². The molecule has 0 N–H and O–H groups in total. The van der Waals surface area contributed by atoms with Crippen molar-refractivity contribution in [3.8, 4) is 0 Å². The molecule has 0 atom stereocenters. The van der Waals surface area contributed by atoms with Crippen LogP contribution in [-0.4, -0.2) is 0 Å². The third-order valence-corrected chi connectivity index (χ3v) is 2.44. The van der Waals surface area contributed by atoms with Crippen LogP contribution in [0.2, 0.25) is 0 Å². The van der Waals surface area contributed by atoms with E-state index >= 15 is 0 Å². The zero-order valence-corrected chi connectivity index (χ0v) is 7.77. The van der Waals surface area contributed by atoms with Crippen LogP contribution in [0.3, 0.4) is 0 Å². The van der Waals surface area contributed by atoms with Gasteiger partial charge in [-0.3, -0.25) is 0 Å². The second-order valence-electron chi connectivity index (χ2n) is 3.14. The molecule has 0 unspecified atom stereocenters.